The predicted molar refractivity (Wildman–Crippen MR) is 80.2 cm³/mol. The number of esters is 1. The Morgan fingerprint density at radius 2 is 1.70 bits per heavy atom. The molecule has 1 saturated heterocycles. The fraction of sp³-hybridized carbons (Fsp3) is 0.500. The Hall–Kier alpha value is -0.810. The largest absolute Gasteiger partial charge is 0.468 e. The molecule has 1 fully saturated rings. The van der Waals surface area contributed by atoms with Crippen molar-refractivity contribution >= 4 is 29.2 Å². The molecular weight excluding hydrogens is 299 g/mol. The Labute approximate surface area is 129 Å². The number of piperazine rings is 1. The summed E-state index contributed by atoms with van der Waals surface area (Å²) in [7, 11) is 1.41. The van der Waals surface area contributed by atoms with Crippen LogP contribution in [0.5, 0.6) is 0 Å². The second-order valence-corrected chi connectivity index (χ2v) is 5.64. The Kier molecular flexibility index (Phi) is 5.66. The molecule has 1 aromatic carbocycles. The minimum absolute atomic E-state index is 0.187. The summed E-state index contributed by atoms with van der Waals surface area (Å²) in [5, 5.41) is 1.41. The maximum absolute atomic E-state index is 11.2. The summed E-state index contributed by atoms with van der Waals surface area (Å²) < 4.78 is 4.68. The highest BCUT2D eigenvalue weighted by atomic mass is 35.5. The van der Waals surface area contributed by atoms with Crippen LogP contribution in [0.15, 0.2) is 18.2 Å². The van der Waals surface area contributed by atoms with Crippen molar-refractivity contribution in [3.05, 3.63) is 33.8 Å². The number of methoxy groups -OCH3 is 1. The van der Waals surface area contributed by atoms with Gasteiger partial charge >= 0.3 is 5.97 Å². The van der Waals surface area contributed by atoms with Crippen LogP contribution in [0.25, 0.3) is 0 Å². The fourth-order valence-electron chi connectivity index (χ4n) is 2.26. The average molecular weight is 317 g/mol. The molecule has 0 bridgehead atoms. The highest BCUT2D eigenvalue weighted by Crippen LogP contribution is 2.25. The lowest BCUT2D eigenvalue weighted by molar-refractivity contribution is -0.142. The molecule has 0 N–H and O–H groups in total. The smallest absolute Gasteiger partial charge is 0.319 e. The van der Waals surface area contributed by atoms with Gasteiger partial charge in [-0.3, -0.25) is 14.6 Å². The van der Waals surface area contributed by atoms with Crippen molar-refractivity contribution in [2.45, 2.75) is 6.54 Å². The second kappa shape index (κ2) is 7.27. The van der Waals surface area contributed by atoms with Crippen LogP contribution in [-0.4, -0.2) is 55.6 Å². The summed E-state index contributed by atoms with van der Waals surface area (Å²) in [6.07, 6.45) is 0. The molecule has 1 aliphatic heterocycles. The number of hydrogen-bond acceptors (Lipinski definition) is 4. The second-order valence-electron chi connectivity index (χ2n) is 4.83. The molecule has 0 unspecified atom stereocenters. The van der Waals surface area contributed by atoms with Crippen molar-refractivity contribution in [1.29, 1.82) is 0 Å². The van der Waals surface area contributed by atoms with Gasteiger partial charge in [0, 0.05) is 48.3 Å². The standard InChI is InChI=1S/C14H18Cl2N2O2/c1-20-14(19)10-18-7-5-17(6-8-18)9-11-12(15)3-2-4-13(11)16/h2-4H,5-10H2,1H3. The van der Waals surface area contributed by atoms with E-state index in [1.807, 2.05) is 18.2 Å². The first kappa shape index (κ1) is 15.6. The number of carbonyl (C=O) groups is 1. The lowest BCUT2D eigenvalue weighted by Gasteiger charge is -2.34. The first-order valence-corrected chi connectivity index (χ1v) is 7.30. The van der Waals surface area contributed by atoms with Gasteiger partial charge in [-0.05, 0) is 12.1 Å². The molecular formula is C14H18Cl2N2O2. The van der Waals surface area contributed by atoms with Gasteiger partial charge in [-0.15, -0.1) is 0 Å². The molecule has 110 valence electrons. The quantitative estimate of drug-likeness (QED) is 0.798. The number of nitrogens with zero attached hydrogens (tertiary/aromatic N) is 2. The third-order valence-corrected chi connectivity index (χ3v) is 4.20. The van der Waals surface area contributed by atoms with Crippen molar-refractivity contribution in [3.63, 3.8) is 0 Å². The van der Waals surface area contributed by atoms with Gasteiger partial charge in [0.25, 0.3) is 0 Å². The zero-order chi connectivity index (χ0) is 14.5. The summed E-state index contributed by atoms with van der Waals surface area (Å²) >= 11 is 12.4. The molecule has 1 aromatic rings. The number of halogens is 2. The monoisotopic (exact) mass is 316 g/mol. The van der Waals surface area contributed by atoms with Crippen molar-refractivity contribution in [2.75, 3.05) is 39.8 Å². The lowest BCUT2D eigenvalue weighted by Crippen LogP contribution is -2.47. The summed E-state index contributed by atoms with van der Waals surface area (Å²) in [5.74, 6) is -0.187. The summed E-state index contributed by atoms with van der Waals surface area (Å²) in [6, 6.07) is 5.56. The molecule has 20 heavy (non-hydrogen) atoms. The van der Waals surface area contributed by atoms with Crippen LogP contribution in [0, 0.1) is 0 Å². The van der Waals surface area contributed by atoms with E-state index in [1.165, 1.54) is 7.11 Å². The lowest BCUT2D eigenvalue weighted by atomic mass is 10.2. The first-order chi connectivity index (χ1) is 9.60. The van der Waals surface area contributed by atoms with Crippen molar-refractivity contribution in [1.82, 2.24) is 9.80 Å². The fourth-order valence-corrected chi connectivity index (χ4v) is 2.78. The van der Waals surface area contributed by atoms with E-state index in [-0.39, 0.29) is 5.97 Å². The molecule has 0 atom stereocenters. The van der Waals surface area contributed by atoms with Crippen LogP contribution >= 0.6 is 23.2 Å². The zero-order valence-electron chi connectivity index (χ0n) is 11.4. The van der Waals surface area contributed by atoms with Crippen LogP contribution in [0.3, 0.4) is 0 Å². The van der Waals surface area contributed by atoms with E-state index >= 15 is 0 Å². The van der Waals surface area contributed by atoms with Crippen molar-refractivity contribution in [2.24, 2.45) is 0 Å². The zero-order valence-corrected chi connectivity index (χ0v) is 13.0. The molecule has 0 spiro atoms. The molecule has 0 aliphatic carbocycles. The predicted octanol–water partition coefficient (Wildman–Crippen LogP) is 2.28. The van der Waals surface area contributed by atoms with E-state index < -0.39 is 0 Å². The molecule has 0 radical (unpaired) electrons. The Morgan fingerprint density at radius 1 is 1.15 bits per heavy atom. The van der Waals surface area contributed by atoms with Crippen LogP contribution in [0.4, 0.5) is 0 Å². The van der Waals surface area contributed by atoms with Crippen molar-refractivity contribution in [3.8, 4) is 0 Å². The van der Waals surface area contributed by atoms with E-state index in [2.05, 4.69) is 14.5 Å². The first-order valence-electron chi connectivity index (χ1n) is 6.54. The number of ether oxygens (including phenoxy) is 1. The van der Waals surface area contributed by atoms with Gasteiger partial charge in [-0.25, -0.2) is 0 Å². The molecule has 1 heterocycles. The van der Waals surface area contributed by atoms with Gasteiger partial charge in [0.2, 0.25) is 0 Å². The van der Waals surface area contributed by atoms with Gasteiger partial charge in [-0.2, -0.15) is 0 Å². The van der Waals surface area contributed by atoms with Gasteiger partial charge < -0.3 is 4.74 Å². The molecule has 0 aromatic heterocycles. The van der Waals surface area contributed by atoms with Gasteiger partial charge in [0.15, 0.2) is 0 Å². The van der Waals surface area contributed by atoms with E-state index in [1.54, 1.807) is 0 Å². The Morgan fingerprint density at radius 3 is 2.25 bits per heavy atom. The van der Waals surface area contributed by atoms with Gasteiger partial charge in [0.05, 0.1) is 13.7 Å². The number of carbonyl (C=O) groups excluding carboxylic acids is 1. The maximum atomic E-state index is 11.2. The Bertz CT molecular complexity index is 454. The van der Waals surface area contributed by atoms with E-state index in [9.17, 15) is 4.79 Å². The van der Waals surface area contributed by atoms with Crippen LogP contribution in [0.1, 0.15) is 5.56 Å². The van der Waals surface area contributed by atoms with Crippen molar-refractivity contribution < 1.29 is 9.53 Å². The van der Waals surface area contributed by atoms with Crippen LogP contribution in [0.2, 0.25) is 10.0 Å². The number of hydrogen-bond donors (Lipinski definition) is 0. The van der Waals surface area contributed by atoms with Gasteiger partial charge in [0.1, 0.15) is 0 Å². The topological polar surface area (TPSA) is 32.8 Å². The highest BCUT2D eigenvalue weighted by Gasteiger charge is 2.20. The van der Waals surface area contributed by atoms with E-state index in [4.69, 9.17) is 23.2 Å². The normalized spacial score (nSPS) is 17.1. The summed E-state index contributed by atoms with van der Waals surface area (Å²) in [4.78, 5) is 15.6. The van der Waals surface area contributed by atoms with E-state index in [0.717, 1.165) is 38.3 Å². The summed E-state index contributed by atoms with van der Waals surface area (Å²) in [5.41, 5.74) is 0.970. The van der Waals surface area contributed by atoms with Crippen LogP contribution < -0.4 is 0 Å². The van der Waals surface area contributed by atoms with E-state index in [0.29, 0.717) is 16.6 Å². The molecule has 2 rings (SSSR count). The minimum atomic E-state index is -0.187. The Balaban J connectivity index is 1.87. The molecule has 1 aliphatic rings. The van der Waals surface area contributed by atoms with Gasteiger partial charge in [-0.1, -0.05) is 29.3 Å². The third-order valence-electron chi connectivity index (χ3n) is 3.49. The molecule has 0 amide bonds. The van der Waals surface area contributed by atoms with Crippen LogP contribution in [-0.2, 0) is 16.1 Å². The number of rotatable bonds is 4. The molecule has 6 heteroatoms. The minimum Gasteiger partial charge on any atom is -0.468 e. The summed E-state index contributed by atoms with van der Waals surface area (Å²) in [6.45, 7) is 4.56. The molecule has 4 nitrogen and oxygen atoms in total. The third kappa shape index (κ3) is 4.09. The number of benzene rings is 1. The maximum Gasteiger partial charge on any atom is 0.319 e. The molecule has 0 saturated carbocycles. The highest BCUT2D eigenvalue weighted by molar-refractivity contribution is 6.35. The SMILES string of the molecule is COC(=O)CN1CCN(Cc2c(Cl)cccc2Cl)CC1. The average Bonchev–Trinajstić information content (AvgIpc) is 2.44.